The summed E-state index contributed by atoms with van der Waals surface area (Å²) in [5, 5.41) is 3.39. The van der Waals surface area contributed by atoms with Gasteiger partial charge in [-0.1, -0.05) is 12.1 Å². The minimum Gasteiger partial charge on any atom is -0.378 e. The Morgan fingerprint density at radius 1 is 1.10 bits per heavy atom. The van der Waals surface area contributed by atoms with E-state index < -0.39 is 0 Å². The standard InChI is InChI=1S/C17H29N3O/c1-7-20(8-2)17(21)14(4)18-13(3)15-9-11-16(12-10-15)19(5)6/h9-14,18H,7-8H2,1-6H3. The van der Waals surface area contributed by atoms with Gasteiger partial charge in [-0.25, -0.2) is 0 Å². The predicted molar refractivity (Wildman–Crippen MR) is 89.7 cm³/mol. The molecule has 4 nitrogen and oxygen atoms in total. The normalized spacial score (nSPS) is 13.6. The van der Waals surface area contributed by atoms with Gasteiger partial charge in [0.2, 0.25) is 5.91 Å². The highest BCUT2D eigenvalue weighted by atomic mass is 16.2. The molecule has 1 N–H and O–H groups in total. The molecule has 118 valence electrons. The van der Waals surface area contributed by atoms with Crippen LogP contribution in [0.3, 0.4) is 0 Å². The lowest BCUT2D eigenvalue weighted by molar-refractivity contribution is -0.132. The van der Waals surface area contributed by atoms with Crippen molar-refractivity contribution in [2.45, 2.75) is 39.8 Å². The number of nitrogens with one attached hydrogen (secondary N) is 1. The average Bonchev–Trinajstić information content (AvgIpc) is 2.48. The molecular weight excluding hydrogens is 262 g/mol. The maximum atomic E-state index is 12.3. The van der Waals surface area contributed by atoms with Crippen LogP contribution in [0.5, 0.6) is 0 Å². The zero-order valence-corrected chi connectivity index (χ0v) is 14.2. The monoisotopic (exact) mass is 291 g/mol. The lowest BCUT2D eigenvalue weighted by Crippen LogP contribution is -2.45. The predicted octanol–water partition coefficient (Wildman–Crippen LogP) is 2.66. The van der Waals surface area contributed by atoms with Gasteiger partial charge in [-0.2, -0.15) is 0 Å². The summed E-state index contributed by atoms with van der Waals surface area (Å²) in [7, 11) is 4.06. The average molecular weight is 291 g/mol. The van der Waals surface area contributed by atoms with E-state index in [4.69, 9.17) is 0 Å². The van der Waals surface area contributed by atoms with E-state index in [1.54, 1.807) is 0 Å². The number of benzene rings is 1. The summed E-state index contributed by atoms with van der Waals surface area (Å²) in [6.45, 7) is 9.57. The van der Waals surface area contributed by atoms with Gasteiger partial charge in [0.15, 0.2) is 0 Å². The maximum Gasteiger partial charge on any atom is 0.239 e. The molecule has 0 spiro atoms. The van der Waals surface area contributed by atoms with Crippen molar-refractivity contribution in [3.8, 4) is 0 Å². The fraction of sp³-hybridized carbons (Fsp3) is 0.588. The zero-order valence-electron chi connectivity index (χ0n) is 14.2. The van der Waals surface area contributed by atoms with Crippen LogP contribution in [0, 0.1) is 0 Å². The van der Waals surface area contributed by atoms with Crippen LogP contribution in [0.25, 0.3) is 0 Å². The lowest BCUT2D eigenvalue weighted by Gasteiger charge is -2.26. The molecule has 0 saturated carbocycles. The van der Waals surface area contributed by atoms with Crippen molar-refractivity contribution in [1.29, 1.82) is 0 Å². The number of nitrogens with zero attached hydrogens (tertiary/aromatic N) is 2. The van der Waals surface area contributed by atoms with Crippen molar-refractivity contribution in [2.75, 3.05) is 32.1 Å². The highest BCUT2D eigenvalue weighted by Gasteiger charge is 2.20. The summed E-state index contributed by atoms with van der Waals surface area (Å²) in [6.07, 6.45) is 0. The minimum absolute atomic E-state index is 0.149. The van der Waals surface area contributed by atoms with Crippen molar-refractivity contribution in [1.82, 2.24) is 10.2 Å². The first-order valence-corrected chi connectivity index (χ1v) is 7.72. The van der Waals surface area contributed by atoms with Crippen LogP contribution in [0.1, 0.15) is 39.3 Å². The molecule has 2 unspecified atom stereocenters. The lowest BCUT2D eigenvalue weighted by atomic mass is 10.1. The van der Waals surface area contributed by atoms with Crippen molar-refractivity contribution >= 4 is 11.6 Å². The number of amides is 1. The van der Waals surface area contributed by atoms with Crippen LogP contribution >= 0.6 is 0 Å². The molecule has 0 radical (unpaired) electrons. The van der Waals surface area contributed by atoms with E-state index in [0.29, 0.717) is 0 Å². The van der Waals surface area contributed by atoms with Crippen molar-refractivity contribution in [3.05, 3.63) is 29.8 Å². The first-order valence-electron chi connectivity index (χ1n) is 7.72. The highest BCUT2D eigenvalue weighted by Crippen LogP contribution is 2.18. The van der Waals surface area contributed by atoms with Crippen LogP contribution in [-0.2, 0) is 4.79 Å². The Morgan fingerprint density at radius 2 is 1.62 bits per heavy atom. The third kappa shape index (κ3) is 4.74. The van der Waals surface area contributed by atoms with Gasteiger partial charge < -0.3 is 9.80 Å². The molecule has 0 aliphatic heterocycles. The molecule has 0 aliphatic rings. The molecule has 0 fully saturated rings. The van der Waals surface area contributed by atoms with Gasteiger partial charge in [0.05, 0.1) is 6.04 Å². The summed E-state index contributed by atoms with van der Waals surface area (Å²) in [5.74, 6) is 0.164. The number of hydrogen-bond acceptors (Lipinski definition) is 3. The molecule has 4 heteroatoms. The third-order valence-corrected chi connectivity index (χ3v) is 3.86. The molecule has 1 amide bonds. The first kappa shape index (κ1) is 17.5. The Balaban J connectivity index is 2.67. The van der Waals surface area contributed by atoms with Gasteiger partial charge in [-0.15, -0.1) is 0 Å². The van der Waals surface area contributed by atoms with Crippen LogP contribution in [0.15, 0.2) is 24.3 Å². The van der Waals surface area contributed by atoms with Crippen LogP contribution in [0.2, 0.25) is 0 Å². The Morgan fingerprint density at radius 3 is 2.05 bits per heavy atom. The summed E-state index contributed by atoms with van der Waals surface area (Å²) in [6, 6.07) is 8.40. The molecule has 1 aromatic carbocycles. The fourth-order valence-electron chi connectivity index (χ4n) is 2.41. The second kappa shape index (κ2) is 8.03. The quantitative estimate of drug-likeness (QED) is 0.839. The van der Waals surface area contributed by atoms with Crippen LogP contribution in [-0.4, -0.2) is 44.0 Å². The number of anilines is 1. The Labute approximate surface area is 129 Å². The highest BCUT2D eigenvalue weighted by molar-refractivity contribution is 5.81. The smallest absolute Gasteiger partial charge is 0.239 e. The molecular formula is C17H29N3O. The van der Waals surface area contributed by atoms with E-state index >= 15 is 0 Å². The molecule has 0 bridgehead atoms. The molecule has 0 heterocycles. The van der Waals surface area contributed by atoms with E-state index in [2.05, 4.69) is 41.4 Å². The SMILES string of the molecule is CCN(CC)C(=O)C(C)NC(C)c1ccc(N(C)C)cc1. The zero-order chi connectivity index (χ0) is 16.0. The second-order valence-corrected chi connectivity index (χ2v) is 5.61. The van der Waals surface area contributed by atoms with Gasteiger partial charge in [0.1, 0.15) is 0 Å². The fourth-order valence-corrected chi connectivity index (χ4v) is 2.41. The third-order valence-electron chi connectivity index (χ3n) is 3.86. The van der Waals surface area contributed by atoms with Crippen molar-refractivity contribution in [3.63, 3.8) is 0 Å². The summed E-state index contributed by atoms with van der Waals surface area (Å²) in [5.41, 5.74) is 2.37. The number of carbonyl (C=O) groups is 1. The van der Waals surface area contributed by atoms with Crippen LogP contribution < -0.4 is 10.2 Å². The van der Waals surface area contributed by atoms with Gasteiger partial charge in [-0.05, 0) is 45.4 Å². The number of carbonyl (C=O) groups excluding carboxylic acids is 1. The number of hydrogen-bond donors (Lipinski definition) is 1. The summed E-state index contributed by atoms with van der Waals surface area (Å²) < 4.78 is 0. The summed E-state index contributed by atoms with van der Waals surface area (Å²) in [4.78, 5) is 16.2. The Kier molecular flexibility index (Phi) is 6.69. The Bertz CT molecular complexity index is 438. The molecule has 0 aromatic heterocycles. The molecule has 0 saturated heterocycles. The van der Waals surface area contributed by atoms with E-state index in [1.807, 2.05) is 39.8 Å². The largest absolute Gasteiger partial charge is 0.378 e. The summed E-state index contributed by atoms with van der Waals surface area (Å²) >= 11 is 0. The van der Waals surface area contributed by atoms with Gasteiger partial charge >= 0.3 is 0 Å². The van der Waals surface area contributed by atoms with E-state index in [9.17, 15) is 4.79 Å². The molecule has 2 atom stereocenters. The van der Waals surface area contributed by atoms with Gasteiger partial charge in [0.25, 0.3) is 0 Å². The van der Waals surface area contributed by atoms with E-state index in [-0.39, 0.29) is 18.0 Å². The first-order chi connectivity index (χ1) is 9.90. The minimum atomic E-state index is -0.173. The number of likely N-dealkylation sites (N-methyl/N-ethyl adjacent to an activating group) is 1. The topological polar surface area (TPSA) is 35.6 Å². The number of rotatable bonds is 7. The molecule has 0 aliphatic carbocycles. The second-order valence-electron chi connectivity index (χ2n) is 5.61. The van der Waals surface area contributed by atoms with Crippen molar-refractivity contribution in [2.24, 2.45) is 0 Å². The molecule has 1 rings (SSSR count). The Hall–Kier alpha value is -1.55. The maximum absolute atomic E-state index is 12.3. The molecule has 1 aromatic rings. The van der Waals surface area contributed by atoms with Crippen molar-refractivity contribution < 1.29 is 4.79 Å². The van der Waals surface area contributed by atoms with Crippen LogP contribution in [0.4, 0.5) is 5.69 Å². The van der Waals surface area contributed by atoms with Gasteiger partial charge in [-0.3, -0.25) is 10.1 Å². The van der Waals surface area contributed by atoms with Gasteiger partial charge in [0, 0.05) is 38.9 Å². The van der Waals surface area contributed by atoms with E-state index in [1.165, 1.54) is 11.3 Å². The molecule has 21 heavy (non-hydrogen) atoms. The van der Waals surface area contributed by atoms with E-state index in [0.717, 1.165) is 13.1 Å².